The van der Waals surface area contributed by atoms with Crippen molar-refractivity contribution in [3.63, 3.8) is 0 Å². The molecular weight excluding hydrogens is 334 g/mol. The summed E-state index contributed by atoms with van der Waals surface area (Å²) in [4.78, 5) is 2.21. The molecule has 0 heterocycles. The van der Waals surface area contributed by atoms with Crippen LogP contribution in [-0.2, 0) is 9.47 Å². The maximum atomic E-state index is 10.0. The molecule has 0 aromatic heterocycles. The Morgan fingerprint density at radius 2 is 1.71 bits per heavy atom. The highest BCUT2D eigenvalue weighted by molar-refractivity contribution is 9.10. The fourth-order valence-electron chi connectivity index (χ4n) is 2.14. The van der Waals surface area contributed by atoms with E-state index in [1.807, 2.05) is 32.0 Å². The minimum absolute atomic E-state index is 0.515. The number of aliphatic hydroxyl groups is 1. The number of ether oxygens (including phenoxy) is 2. The Morgan fingerprint density at radius 3 is 2.19 bits per heavy atom. The first-order valence-corrected chi connectivity index (χ1v) is 8.27. The monoisotopic (exact) mass is 359 g/mol. The molecule has 1 aromatic carbocycles. The van der Waals surface area contributed by atoms with Crippen LogP contribution in [0.1, 0.15) is 32.4 Å². The van der Waals surface area contributed by atoms with E-state index in [0.717, 1.165) is 28.8 Å². The fraction of sp³-hybridized carbons (Fsp3) is 0.625. The molecule has 5 heteroatoms. The van der Waals surface area contributed by atoms with Crippen LogP contribution >= 0.6 is 15.9 Å². The maximum Gasteiger partial charge on any atom is 0.0782 e. The highest BCUT2D eigenvalue weighted by atomic mass is 79.9. The number of hydrogen-bond acceptors (Lipinski definition) is 4. The molecule has 0 saturated carbocycles. The molecule has 0 aliphatic heterocycles. The first-order valence-electron chi connectivity index (χ1n) is 7.48. The Labute approximate surface area is 136 Å². The molecule has 0 aliphatic rings. The van der Waals surface area contributed by atoms with Crippen LogP contribution in [0.15, 0.2) is 22.7 Å². The topological polar surface area (TPSA) is 41.9 Å². The van der Waals surface area contributed by atoms with Gasteiger partial charge in [-0.25, -0.2) is 0 Å². The Morgan fingerprint density at radius 1 is 1.14 bits per heavy atom. The largest absolute Gasteiger partial charge is 0.389 e. The van der Waals surface area contributed by atoms with Gasteiger partial charge in [0.05, 0.1) is 19.3 Å². The second-order valence-corrected chi connectivity index (χ2v) is 5.68. The Hall–Kier alpha value is -0.620. The SMILES string of the molecule is CCOCCN(CCOCC)c1ccc(Br)cc1C(C)O. The molecule has 0 fully saturated rings. The zero-order valence-corrected chi connectivity index (χ0v) is 14.7. The number of anilines is 1. The molecule has 0 amide bonds. The number of halogens is 1. The van der Waals surface area contributed by atoms with Gasteiger partial charge in [-0.1, -0.05) is 15.9 Å². The van der Waals surface area contributed by atoms with Gasteiger partial charge < -0.3 is 19.5 Å². The molecule has 1 rings (SSSR count). The number of rotatable bonds is 10. The summed E-state index contributed by atoms with van der Waals surface area (Å²) in [5.74, 6) is 0. The van der Waals surface area contributed by atoms with Crippen molar-refractivity contribution in [1.82, 2.24) is 0 Å². The molecule has 120 valence electrons. The van der Waals surface area contributed by atoms with E-state index in [1.165, 1.54) is 0 Å². The summed E-state index contributed by atoms with van der Waals surface area (Å²) in [6, 6.07) is 5.99. The van der Waals surface area contributed by atoms with Gasteiger partial charge in [0.15, 0.2) is 0 Å². The predicted octanol–water partition coefficient (Wildman–Crippen LogP) is 3.38. The van der Waals surface area contributed by atoms with Crippen LogP contribution < -0.4 is 4.90 Å². The summed E-state index contributed by atoms with van der Waals surface area (Å²) in [6.45, 7) is 10.1. The molecule has 1 N–H and O–H groups in total. The average Bonchev–Trinajstić information content (AvgIpc) is 2.46. The summed E-state index contributed by atoms with van der Waals surface area (Å²) >= 11 is 3.46. The van der Waals surface area contributed by atoms with Crippen LogP contribution in [-0.4, -0.2) is 44.6 Å². The Balaban J connectivity index is 2.89. The number of aliphatic hydroxyl groups excluding tert-OH is 1. The molecule has 0 spiro atoms. The Bertz CT molecular complexity index is 403. The zero-order chi connectivity index (χ0) is 15.7. The van der Waals surface area contributed by atoms with Crippen molar-refractivity contribution in [1.29, 1.82) is 0 Å². The zero-order valence-electron chi connectivity index (χ0n) is 13.1. The highest BCUT2D eigenvalue weighted by Crippen LogP contribution is 2.29. The van der Waals surface area contributed by atoms with Crippen molar-refractivity contribution >= 4 is 21.6 Å². The fourth-order valence-corrected chi connectivity index (χ4v) is 2.52. The van der Waals surface area contributed by atoms with Gasteiger partial charge in [0, 0.05) is 42.0 Å². The minimum atomic E-state index is -0.515. The van der Waals surface area contributed by atoms with Crippen molar-refractivity contribution in [2.24, 2.45) is 0 Å². The van der Waals surface area contributed by atoms with E-state index < -0.39 is 6.10 Å². The van der Waals surface area contributed by atoms with Crippen LogP contribution in [0.25, 0.3) is 0 Å². The normalized spacial score (nSPS) is 12.4. The lowest BCUT2D eigenvalue weighted by molar-refractivity contribution is 0.141. The smallest absolute Gasteiger partial charge is 0.0782 e. The van der Waals surface area contributed by atoms with Crippen molar-refractivity contribution < 1.29 is 14.6 Å². The van der Waals surface area contributed by atoms with Gasteiger partial charge in [0.1, 0.15) is 0 Å². The van der Waals surface area contributed by atoms with Crippen LogP contribution in [0, 0.1) is 0 Å². The van der Waals surface area contributed by atoms with E-state index in [-0.39, 0.29) is 0 Å². The van der Waals surface area contributed by atoms with Crippen molar-refractivity contribution in [2.45, 2.75) is 26.9 Å². The molecule has 1 unspecified atom stereocenters. The molecule has 1 aromatic rings. The minimum Gasteiger partial charge on any atom is -0.389 e. The van der Waals surface area contributed by atoms with Crippen LogP contribution in [0.3, 0.4) is 0 Å². The molecule has 0 aliphatic carbocycles. The van der Waals surface area contributed by atoms with Gasteiger partial charge in [-0.3, -0.25) is 0 Å². The van der Waals surface area contributed by atoms with Crippen molar-refractivity contribution in [3.8, 4) is 0 Å². The number of nitrogens with zero attached hydrogens (tertiary/aromatic N) is 1. The third-order valence-electron chi connectivity index (χ3n) is 3.20. The quantitative estimate of drug-likeness (QED) is 0.650. The molecule has 4 nitrogen and oxygen atoms in total. The third-order valence-corrected chi connectivity index (χ3v) is 3.69. The summed E-state index contributed by atoms with van der Waals surface area (Å²) in [7, 11) is 0. The molecular formula is C16H26BrNO3. The lowest BCUT2D eigenvalue weighted by Gasteiger charge is -2.28. The van der Waals surface area contributed by atoms with Gasteiger partial charge >= 0.3 is 0 Å². The standard InChI is InChI=1S/C16H26BrNO3/c1-4-20-10-8-18(9-11-21-5-2)16-7-6-14(17)12-15(16)13(3)19/h6-7,12-13,19H,4-5,8-11H2,1-3H3. The predicted molar refractivity (Wildman–Crippen MR) is 90.0 cm³/mol. The molecule has 0 radical (unpaired) electrons. The van der Waals surface area contributed by atoms with E-state index >= 15 is 0 Å². The van der Waals surface area contributed by atoms with E-state index in [1.54, 1.807) is 6.92 Å². The lowest BCUT2D eigenvalue weighted by atomic mass is 10.1. The van der Waals surface area contributed by atoms with Crippen LogP contribution in [0.5, 0.6) is 0 Å². The molecule has 0 bridgehead atoms. The van der Waals surface area contributed by atoms with Crippen molar-refractivity contribution in [3.05, 3.63) is 28.2 Å². The molecule has 1 atom stereocenters. The number of hydrogen-bond donors (Lipinski definition) is 1. The van der Waals surface area contributed by atoms with E-state index in [4.69, 9.17) is 9.47 Å². The first-order chi connectivity index (χ1) is 10.1. The van der Waals surface area contributed by atoms with E-state index in [2.05, 4.69) is 20.8 Å². The van der Waals surface area contributed by atoms with Gasteiger partial charge in [-0.2, -0.15) is 0 Å². The maximum absolute atomic E-state index is 10.0. The first kappa shape index (κ1) is 18.4. The number of benzene rings is 1. The van der Waals surface area contributed by atoms with E-state index in [9.17, 15) is 5.11 Å². The van der Waals surface area contributed by atoms with Gasteiger partial charge in [0.25, 0.3) is 0 Å². The molecule has 0 saturated heterocycles. The van der Waals surface area contributed by atoms with Crippen LogP contribution in [0.4, 0.5) is 5.69 Å². The molecule has 21 heavy (non-hydrogen) atoms. The second kappa shape index (κ2) is 10.2. The third kappa shape index (κ3) is 6.34. The summed E-state index contributed by atoms with van der Waals surface area (Å²) in [6.07, 6.45) is -0.515. The highest BCUT2D eigenvalue weighted by Gasteiger charge is 2.15. The summed E-state index contributed by atoms with van der Waals surface area (Å²) in [5.41, 5.74) is 1.95. The van der Waals surface area contributed by atoms with Gasteiger partial charge in [-0.15, -0.1) is 0 Å². The average molecular weight is 360 g/mol. The summed E-state index contributed by atoms with van der Waals surface area (Å²) < 4.78 is 11.9. The van der Waals surface area contributed by atoms with Crippen molar-refractivity contribution in [2.75, 3.05) is 44.4 Å². The van der Waals surface area contributed by atoms with E-state index in [0.29, 0.717) is 26.4 Å². The summed E-state index contributed by atoms with van der Waals surface area (Å²) in [5, 5.41) is 10.0. The Kier molecular flexibility index (Phi) is 8.92. The van der Waals surface area contributed by atoms with Gasteiger partial charge in [0.2, 0.25) is 0 Å². The lowest BCUT2D eigenvalue weighted by Crippen LogP contribution is -2.32. The van der Waals surface area contributed by atoms with Crippen LogP contribution in [0.2, 0.25) is 0 Å². The van der Waals surface area contributed by atoms with Gasteiger partial charge in [-0.05, 0) is 39.0 Å². The second-order valence-electron chi connectivity index (χ2n) is 4.76.